The summed E-state index contributed by atoms with van der Waals surface area (Å²) in [4.78, 5) is 24.4. The van der Waals surface area contributed by atoms with Crippen LogP contribution >= 0.6 is 0 Å². The van der Waals surface area contributed by atoms with Crippen molar-refractivity contribution in [2.45, 2.75) is 46.0 Å². The average molecular weight is 333 g/mol. The molecule has 0 amide bonds. The van der Waals surface area contributed by atoms with Crippen molar-refractivity contribution < 1.29 is 19.1 Å². The second-order valence-electron chi connectivity index (χ2n) is 6.54. The Kier molecular flexibility index (Phi) is 6.79. The number of aryl methyl sites for hydroxylation is 1. The Morgan fingerprint density at radius 1 is 1.25 bits per heavy atom. The minimum absolute atomic E-state index is 0.287. The van der Waals surface area contributed by atoms with Crippen LogP contribution < -0.4 is 5.32 Å². The molecule has 1 fully saturated rings. The van der Waals surface area contributed by atoms with Crippen molar-refractivity contribution in [2.24, 2.45) is 5.41 Å². The van der Waals surface area contributed by atoms with Crippen LogP contribution in [0.4, 0.5) is 4.79 Å². The van der Waals surface area contributed by atoms with Crippen LogP contribution in [0.3, 0.4) is 0 Å². The van der Waals surface area contributed by atoms with Gasteiger partial charge in [0.15, 0.2) is 0 Å². The fourth-order valence-electron chi connectivity index (χ4n) is 3.08. The lowest BCUT2D eigenvalue weighted by Crippen LogP contribution is -2.45. The molecule has 132 valence electrons. The van der Waals surface area contributed by atoms with Crippen molar-refractivity contribution in [3.63, 3.8) is 0 Å². The van der Waals surface area contributed by atoms with E-state index in [0.29, 0.717) is 19.3 Å². The van der Waals surface area contributed by atoms with Gasteiger partial charge in [0.05, 0.1) is 12.0 Å². The molecule has 1 N–H and O–H groups in total. The Morgan fingerprint density at radius 2 is 2.00 bits per heavy atom. The second-order valence-corrected chi connectivity index (χ2v) is 6.54. The predicted octanol–water partition coefficient (Wildman–Crippen LogP) is 3.39. The first-order valence-corrected chi connectivity index (χ1v) is 8.71. The van der Waals surface area contributed by atoms with Crippen LogP contribution in [0.1, 0.15) is 43.7 Å². The molecule has 5 heteroatoms. The molecular weight excluding hydrogens is 306 g/mol. The molecule has 5 nitrogen and oxygen atoms in total. The Labute approximate surface area is 143 Å². The SMILES string of the molecule is CCCCOC(=O)OC(=O)C1(Cc2cccc(C)c2)CCNCC1. The summed E-state index contributed by atoms with van der Waals surface area (Å²) in [5.74, 6) is -0.466. The lowest BCUT2D eigenvalue weighted by atomic mass is 9.74. The maximum absolute atomic E-state index is 12.7. The van der Waals surface area contributed by atoms with E-state index in [0.717, 1.165) is 37.1 Å². The minimum Gasteiger partial charge on any atom is -0.434 e. The van der Waals surface area contributed by atoms with E-state index < -0.39 is 17.5 Å². The van der Waals surface area contributed by atoms with E-state index >= 15 is 0 Å². The van der Waals surface area contributed by atoms with E-state index in [2.05, 4.69) is 11.4 Å². The van der Waals surface area contributed by atoms with Gasteiger partial charge >= 0.3 is 12.1 Å². The number of hydrogen-bond donors (Lipinski definition) is 1. The lowest BCUT2D eigenvalue weighted by Gasteiger charge is -2.35. The number of nitrogens with one attached hydrogen (secondary N) is 1. The number of rotatable bonds is 6. The van der Waals surface area contributed by atoms with Crippen LogP contribution in [0, 0.1) is 12.3 Å². The third kappa shape index (κ3) is 5.06. The molecular formula is C19H27NO4. The van der Waals surface area contributed by atoms with Gasteiger partial charge in [-0.2, -0.15) is 0 Å². The molecule has 0 bridgehead atoms. The fourth-order valence-corrected chi connectivity index (χ4v) is 3.08. The lowest BCUT2D eigenvalue weighted by molar-refractivity contribution is -0.153. The molecule has 0 radical (unpaired) electrons. The van der Waals surface area contributed by atoms with Crippen molar-refractivity contribution in [2.75, 3.05) is 19.7 Å². The smallest absolute Gasteiger partial charge is 0.434 e. The van der Waals surface area contributed by atoms with Gasteiger partial charge in [-0.05, 0) is 51.3 Å². The van der Waals surface area contributed by atoms with Gasteiger partial charge in [0.2, 0.25) is 0 Å². The molecule has 0 aliphatic carbocycles. The predicted molar refractivity (Wildman–Crippen MR) is 91.8 cm³/mol. The zero-order valence-electron chi connectivity index (χ0n) is 14.6. The minimum atomic E-state index is -0.879. The molecule has 0 unspecified atom stereocenters. The Hall–Kier alpha value is -1.88. The summed E-state index contributed by atoms with van der Waals surface area (Å²) in [6, 6.07) is 8.12. The molecule has 24 heavy (non-hydrogen) atoms. The summed E-state index contributed by atoms with van der Waals surface area (Å²) < 4.78 is 9.98. The average Bonchev–Trinajstić information content (AvgIpc) is 2.56. The second kappa shape index (κ2) is 8.83. The highest BCUT2D eigenvalue weighted by Gasteiger charge is 2.42. The number of ether oxygens (including phenoxy) is 2. The molecule has 1 aliphatic heterocycles. The first-order chi connectivity index (χ1) is 11.6. The highest BCUT2D eigenvalue weighted by Crippen LogP contribution is 2.35. The zero-order valence-corrected chi connectivity index (χ0v) is 14.6. The number of carbonyl (C=O) groups excluding carboxylic acids is 2. The monoisotopic (exact) mass is 333 g/mol. The van der Waals surface area contributed by atoms with E-state index in [9.17, 15) is 9.59 Å². The number of carbonyl (C=O) groups is 2. The van der Waals surface area contributed by atoms with E-state index in [1.807, 2.05) is 32.0 Å². The van der Waals surface area contributed by atoms with Gasteiger partial charge < -0.3 is 14.8 Å². The molecule has 1 aromatic carbocycles. The van der Waals surface area contributed by atoms with Crippen LogP contribution in [-0.2, 0) is 20.7 Å². The van der Waals surface area contributed by atoms with Crippen molar-refractivity contribution in [3.05, 3.63) is 35.4 Å². The first kappa shape index (κ1) is 18.5. The van der Waals surface area contributed by atoms with E-state index in [-0.39, 0.29) is 6.61 Å². The van der Waals surface area contributed by atoms with Gasteiger partial charge in [0, 0.05) is 0 Å². The third-order valence-electron chi connectivity index (χ3n) is 4.51. The maximum atomic E-state index is 12.7. The first-order valence-electron chi connectivity index (χ1n) is 8.71. The van der Waals surface area contributed by atoms with E-state index in [1.54, 1.807) is 0 Å². The van der Waals surface area contributed by atoms with Gasteiger partial charge in [-0.1, -0.05) is 43.2 Å². The third-order valence-corrected chi connectivity index (χ3v) is 4.51. The molecule has 2 rings (SSSR count). The Bertz CT molecular complexity index is 564. The number of benzene rings is 1. The Morgan fingerprint density at radius 3 is 2.67 bits per heavy atom. The number of hydrogen-bond acceptors (Lipinski definition) is 5. The van der Waals surface area contributed by atoms with Crippen LogP contribution in [0.2, 0.25) is 0 Å². The summed E-state index contributed by atoms with van der Waals surface area (Å²) in [7, 11) is 0. The largest absolute Gasteiger partial charge is 0.516 e. The number of piperidine rings is 1. The summed E-state index contributed by atoms with van der Waals surface area (Å²) in [6.45, 7) is 5.81. The Balaban J connectivity index is 2.06. The summed E-state index contributed by atoms with van der Waals surface area (Å²) >= 11 is 0. The van der Waals surface area contributed by atoms with Crippen LogP contribution in [0.5, 0.6) is 0 Å². The number of esters is 1. The van der Waals surface area contributed by atoms with Crippen molar-refractivity contribution in [1.29, 1.82) is 0 Å². The normalized spacial score (nSPS) is 16.4. The summed E-state index contributed by atoms with van der Waals surface area (Å²) in [5, 5.41) is 3.26. The molecule has 0 spiro atoms. The van der Waals surface area contributed by atoms with Gasteiger partial charge in [0.25, 0.3) is 0 Å². The van der Waals surface area contributed by atoms with Crippen LogP contribution in [0.15, 0.2) is 24.3 Å². The molecule has 1 aliphatic rings. The van der Waals surface area contributed by atoms with Gasteiger partial charge in [0.1, 0.15) is 0 Å². The molecule has 1 aromatic rings. The zero-order chi connectivity index (χ0) is 17.4. The number of unbranched alkanes of at least 4 members (excludes halogenated alkanes) is 1. The molecule has 1 saturated heterocycles. The molecule has 0 atom stereocenters. The summed E-state index contributed by atoms with van der Waals surface area (Å²) in [5.41, 5.74) is 1.58. The van der Waals surface area contributed by atoms with E-state index in [1.165, 1.54) is 0 Å². The van der Waals surface area contributed by atoms with Gasteiger partial charge in [-0.3, -0.25) is 4.79 Å². The van der Waals surface area contributed by atoms with Crippen molar-refractivity contribution >= 4 is 12.1 Å². The molecule has 0 saturated carbocycles. The topological polar surface area (TPSA) is 64.6 Å². The maximum Gasteiger partial charge on any atom is 0.516 e. The van der Waals surface area contributed by atoms with Gasteiger partial charge in [-0.15, -0.1) is 0 Å². The fraction of sp³-hybridized carbons (Fsp3) is 0.579. The van der Waals surface area contributed by atoms with Crippen molar-refractivity contribution in [3.8, 4) is 0 Å². The van der Waals surface area contributed by atoms with E-state index in [4.69, 9.17) is 9.47 Å². The van der Waals surface area contributed by atoms with Gasteiger partial charge in [-0.25, -0.2) is 4.79 Å². The highest BCUT2D eigenvalue weighted by atomic mass is 16.7. The standard InChI is InChI=1S/C19H27NO4/c1-3-4-12-23-18(22)24-17(21)19(8-10-20-11-9-19)14-16-7-5-6-15(2)13-16/h5-7,13,20H,3-4,8-12,14H2,1-2H3. The summed E-state index contributed by atoms with van der Waals surface area (Å²) in [6.07, 6.45) is 2.70. The highest BCUT2D eigenvalue weighted by molar-refractivity contribution is 5.86. The quantitative estimate of drug-likeness (QED) is 0.491. The molecule has 1 heterocycles. The van der Waals surface area contributed by atoms with Crippen LogP contribution in [-0.4, -0.2) is 31.8 Å². The van der Waals surface area contributed by atoms with Crippen LogP contribution in [0.25, 0.3) is 0 Å². The molecule has 0 aromatic heterocycles. The van der Waals surface area contributed by atoms with Crippen molar-refractivity contribution in [1.82, 2.24) is 5.32 Å².